The predicted octanol–water partition coefficient (Wildman–Crippen LogP) is 0.662. The summed E-state index contributed by atoms with van der Waals surface area (Å²) in [7, 11) is 0. The summed E-state index contributed by atoms with van der Waals surface area (Å²) in [6.07, 6.45) is 3.71. The molecule has 0 aromatic carbocycles. The van der Waals surface area contributed by atoms with Gasteiger partial charge in [0.2, 0.25) is 11.9 Å². The molecule has 0 atom stereocenters. The van der Waals surface area contributed by atoms with Crippen molar-refractivity contribution in [2.75, 3.05) is 36.5 Å². The van der Waals surface area contributed by atoms with Crippen LogP contribution in [0.5, 0.6) is 0 Å². The van der Waals surface area contributed by atoms with E-state index in [2.05, 4.69) is 20.2 Å². The summed E-state index contributed by atoms with van der Waals surface area (Å²) in [6, 6.07) is 0. The van der Waals surface area contributed by atoms with E-state index < -0.39 is 0 Å². The lowest BCUT2D eigenvalue weighted by molar-refractivity contribution is -0.115. The normalized spacial score (nSPS) is 15.7. The van der Waals surface area contributed by atoms with Crippen LogP contribution in [0.3, 0.4) is 0 Å². The van der Waals surface area contributed by atoms with Crippen molar-refractivity contribution >= 4 is 17.5 Å². The lowest BCUT2D eigenvalue weighted by atomic mass is 10.4. The molecule has 1 aliphatic heterocycles. The second kappa shape index (κ2) is 5.58. The molecule has 0 saturated carbocycles. The highest BCUT2D eigenvalue weighted by atomic mass is 16.5. The largest absolute Gasteiger partial charge is 0.378 e. The molecule has 1 aliphatic rings. The Bertz CT molecular complexity index is 374. The molecule has 0 radical (unpaired) electrons. The molecule has 1 aromatic rings. The van der Waals surface area contributed by atoms with Gasteiger partial charge in [-0.15, -0.1) is 0 Å². The lowest BCUT2D eigenvalue weighted by Gasteiger charge is -2.26. The summed E-state index contributed by atoms with van der Waals surface area (Å²) in [4.78, 5) is 21.7. The van der Waals surface area contributed by atoms with E-state index in [0.29, 0.717) is 31.3 Å². The number of ether oxygens (including phenoxy) is 1. The van der Waals surface area contributed by atoms with Crippen molar-refractivity contribution in [1.29, 1.82) is 0 Å². The minimum atomic E-state index is -0.0345. The Balaban J connectivity index is 1.99. The van der Waals surface area contributed by atoms with E-state index in [1.165, 1.54) is 0 Å². The topological polar surface area (TPSA) is 67.4 Å². The van der Waals surface area contributed by atoms with Gasteiger partial charge in [-0.05, 0) is 0 Å². The number of anilines is 2. The molecule has 0 spiro atoms. The number of morpholine rings is 1. The smallest absolute Gasteiger partial charge is 0.225 e. The second-order valence-electron chi connectivity index (χ2n) is 3.77. The van der Waals surface area contributed by atoms with Crippen molar-refractivity contribution < 1.29 is 9.53 Å². The first kappa shape index (κ1) is 11.8. The van der Waals surface area contributed by atoms with Crippen LogP contribution in [0.15, 0.2) is 12.4 Å². The number of nitrogens with zero attached hydrogens (tertiary/aromatic N) is 3. The van der Waals surface area contributed by atoms with E-state index in [1.807, 2.05) is 0 Å². The third kappa shape index (κ3) is 3.13. The third-order valence-corrected chi connectivity index (χ3v) is 2.54. The van der Waals surface area contributed by atoms with E-state index in [4.69, 9.17) is 4.74 Å². The minimum Gasteiger partial charge on any atom is -0.378 e. The monoisotopic (exact) mass is 236 g/mol. The van der Waals surface area contributed by atoms with Crippen LogP contribution in [0.4, 0.5) is 11.6 Å². The van der Waals surface area contributed by atoms with Crippen LogP contribution in [-0.2, 0) is 9.53 Å². The maximum Gasteiger partial charge on any atom is 0.225 e. The summed E-state index contributed by atoms with van der Waals surface area (Å²) in [5, 5.41) is 2.71. The van der Waals surface area contributed by atoms with Gasteiger partial charge in [-0.3, -0.25) is 4.79 Å². The van der Waals surface area contributed by atoms with Crippen LogP contribution >= 0.6 is 0 Å². The molecule has 0 bridgehead atoms. The number of carbonyl (C=O) groups is 1. The first-order valence-electron chi connectivity index (χ1n) is 5.74. The Morgan fingerprint density at radius 3 is 2.65 bits per heavy atom. The van der Waals surface area contributed by atoms with Crippen LogP contribution < -0.4 is 10.2 Å². The molecule has 17 heavy (non-hydrogen) atoms. The lowest BCUT2D eigenvalue weighted by Crippen LogP contribution is -2.37. The zero-order valence-corrected chi connectivity index (χ0v) is 9.85. The van der Waals surface area contributed by atoms with E-state index in [1.54, 1.807) is 19.3 Å². The molecular weight excluding hydrogens is 220 g/mol. The zero-order valence-electron chi connectivity index (χ0n) is 9.85. The van der Waals surface area contributed by atoms with Crippen LogP contribution in [0.25, 0.3) is 0 Å². The fraction of sp³-hybridized carbons (Fsp3) is 0.545. The summed E-state index contributed by atoms with van der Waals surface area (Å²) < 4.78 is 5.26. The van der Waals surface area contributed by atoms with Gasteiger partial charge in [-0.25, -0.2) is 9.97 Å². The van der Waals surface area contributed by atoms with Gasteiger partial charge in [0.15, 0.2) is 0 Å². The Hall–Kier alpha value is -1.69. The van der Waals surface area contributed by atoms with Crippen LogP contribution in [0.1, 0.15) is 13.3 Å². The van der Waals surface area contributed by atoms with Crippen molar-refractivity contribution in [3.8, 4) is 0 Å². The molecule has 0 unspecified atom stereocenters. The molecule has 2 rings (SSSR count). The van der Waals surface area contributed by atoms with Gasteiger partial charge < -0.3 is 15.0 Å². The van der Waals surface area contributed by atoms with E-state index >= 15 is 0 Å². The number of hydrogen-bond acceptors (Lipinski definition) is 5. The van der Waals surface area contributed by atoms with E-state index in [-0.39, 0.29) is 5.91 Å². The molecule has 1 N–H and O–H groups in total. The minimum absolute atomic E-state index is 0.0345. The summed E-state index contributed by atoms with van der Waals surface area (Å²) in [5.41, 5.74) is 0.633. The number of aromatic nitrogens is 2. The summed E-state index contributed by atoms with van der Waals surface area (Å²) >= 11 is 0. The number of nitrogens with one attached hydrogen (secondary N) is 1. The average Bonchev–Trinajstić information content (AvgIpc) is 2.40. The van der Waals surface area contributed by atoms with Gasteiger partial charge >= 0.3 is 0 Å². The fourth-order valence-electron chi connectivity index (χ4n) is 1.56. The molecule has 6 heteroatoms. The molecule has 0 aliphatic carbocycles. The SMILES string of the molecule is CCC(=O)Nc1cnc(N2CCOCC2)nc1. The summed E-state index contributed by atoms with van der Waals surface area (Å²) in [5.74, 6) is 0.649. The van der Waals surface area contributed by atoms with Gasteiger partial charge in [0.25, 0.3) is 0 Å². The number of hydrogen-bond donors (Lipinski definition) is 1. The van der Waals surface area contributed by atoms with Gasteiger partial charge in [-0.2, -0.15) is 0 Å². The van der Waals surface area contributed by atoms with Gasteiger partial charge in [-0.1, -0.05) is 6.92 Å². The van der Waals surface area contributed by atoms with Crippen LogP contribution in [-0.4, -0.2) is 42.2 Å². The Morgan fingerprint density at radius 1 is 1.41 bits per heavy atom. The molecule has 1 fully saturated rings. The number of amides is 1. The highest BCUT2D eigenvalue weighted by Crippen LogP contribution is 2.11. The van der Waals surface area contributed by atoms with Crippen LogP contribution in [0, 0.1) is 0 Å². The van der Waals surface area contributed by atoms with Gasteiger partial charge in [0.05, 0.1) is 31.3 Å². The average molecular weight is 236 g/mol. The van der Waals surface area contributed by atoms with Crippen molar-refractivity contribution in [2.24, 2.45) is 0 Å². The predicted molar refractivity (Wildman–Crippen MR) is 64.0 cm³/mol. The molecule has 92 valence electrons. The first-order chi connectivity index (χ1) is 8.29. The molecule has 6 nitrogen and oxygen atoms in total. The number of rotatable bonds is 3. The molecule has 1 aromatic heterocycles. The highest BCUT2D eigenvalue weighted by molar-refractivity contribution is 5.90. The van der Waals surface area contributed by atoms with E-state index in [0.717, 1.165) is 13.1 Å². The van der Waals surface area contributed by atoms with Crippen molar-refractivity contribution in [3.63, 3.8) is 0 Å². The third-order valence-electron chi connectivity index (χ3n) is 2.54. The quantitative estimate of drug-likeness (QED) is 0.835. The maximum atomic E-state index is 11.2. The van der Waals surface area contributed by atoms with E-state index in [9.17, 15) is 4.79 Å². The molecular formula is C11H16N4O2. The molecule has 1 amide bonds. The molecule has 2 heterocycles. The standard InChI is InChI=1S/C11H16N4O2/c1-2-10(16)14-9-7-12-11(13-8-9)15-3-5-17-6-4-15/h7-8H,2-6H2,1H3,(H,14,16). The van der Waals surface area contributed by atoms with Crippen molar-refractivity contribution in [2.45, 2.75) is 13.3 Å². The summed E-state index contributed by atoms with van der Waals surface area (Å²) in [6.45, 7) is 4.83. The Kier molecular flexibility index (Phi) is 3.87. The van der Waals surface area contributed by atoms with Crippen molar-refractivity contribution in [1.82, 2.24) is 9.97 Å². The Labute approximate surface area is 100 Å². The first-order valence-corrected chi connectivity index (χ1v) is 5.74. The Morgan fingerprint density at radius 2 is 2.06 bits per heavy atom. The number of carbonyl (C=O) groups excluding carboxylic acids is 1. The zero-order chi connectivity index (χ0) is 12.1. The maximum absolute atomic E-state index is 11.2. The van der Waals surface area contributed by atoms with Crippen LogP contribution in [0.2, 0.25) is 0 Å². The van der Waals surface area contributed by atoms with Gasteiger partial charge in [0, 0.05) is 19.5 Å². The van der Waals surface area contributed by atoms with Gasteiger partial charge in [0.1, 0.15) is 0 Å². The van der Waals surface area contributed by atoms with Crippen molar-refractivity contribution in [3.05, 3.63) is 12.4 Å². The second-order valence-corrected chi connectivity index (χ2v) is 3.77. The highest BCUT2D eigenvalue weighted by Gasteiger charge is 2.13. The fourth-order valence-corrected chi connectivity index (χ4v) is 1.56. The molecule has 1 saturated heterocycles.